The Morgan fingerprint density at radius 3 is 1.97 bits per heavy atom. The normalized spacial score (nSPS) is 14.9. The van der Waals surface area contributed by atoms with Crippen molar-refractivity contribution in [1.82, 2.24) is 16.0 Å². The van der Waals surface area contributed by atoms with E-state index in [9.17, 15) is 33.9 Å². The first kappa shape index (κ1) is 30.0. The maximum atomic E-state index is 12.9. The summed E-state index contributed by atoms with van der Waals surface area (Å²) in [5.74, 6) is -6.79. The van der Waals surface area contributed by atoms with Gasteiger partial charge in [0, 0.05) is 6.42 Å². The molecule has 0 aliphatic carbocycles. The predicted molar refractivity (Wildman–Crippen MR) is 124 cm³/mol. The largest absolute Gasteiger partial charge is 0.481 e. The molecule has 0 fully saturated rings. The minimum absolute atomic E-state index is 0.149. The van der Waals surface area contributed by atoms with E-state index in [1.807, 2.05) is 5.32 Å². The topological polar surface area (TPSA) is 251 Å². The number of carbonyl (C=O) groups is 6. The Bertz CT molecular complexity index is 954. The van der Waals surface area contributed by atoms with Gasteiger partial charge in [-0.1, -0.05) is 30.3 Å². The summed E-state index contributed by atoms with van der Waals surface area (Å²) in [4.78, 5) is 71.3. The van der Waals surface area contributed by atoms with Crippen molar-refractivity contribution in [3.05, 3.63) is 35.9 Å². The van der Waals surface area contributed by atoms with Gasteiger partial charge in [0.2, 0.25) is 23.6 Å². The number of carbonyl (C=O) groups excluding carboxylic acids is 4. The smallest absolute Gasteiger partial charge is 0.326 e. The van der Waals surface area contributed by atoms with Crippen LogP contribution in [0.1, 0.15) is 31.7 Å². The molecule has 0 saturated carbocycles. The molecule has 1 rings (SSSR count). The molecule has 1 aromatic rings. The highest BCUT2D eigenvalue weighted by molar-refractivity contribution is 5.95. The Morgan fingerprint density at radius 2 is 1.47 bits per heavy atom. The van der Waals surface area contributed by atoms with E-state index in [0.717, 1.165) is 12.5 Å². The Labute approximate surface area is 206 Å². The van der Waals surface area contributed by atoms with Gasteiger partial charge >= 0.3 is 11.9 Å². The van der Waals surface area contributed by atoms with E-state index in [1.165, 1.54) is 0 Å². The summed E-state index contributed by atoms with van der Waals surface area (Å²) in [7, 11) is 0. The minimum Gasteiger partial charge on any atom is -0.481 e. The summed E-state index contributed by atoms with van der Waals surface area (Å²) >= 11 is 0. The van der Waals surface area contributed by atoms with Gasteiger partial charge in [-0.05, 0) is 25.3 Å². The molecule has 4 amide bonds. The van der Waals surface area contributed by atoms with E-state index >= 15 is 0 Å². The van der Waals surface area contributed by atoms with E-state index < -0.39 is 72.3 Å². The summed E-state index contributed by atoms with van der Waals surface area (Å²) in [5.41, 5.74) is 11.8. The molecular weight excluding hydrogens is 478 g/mol. The maximum absolute atomic E-state index is 12.9. The number of carboxylic acid groups (broad SMARTS) is 2. The number of rotatable bonds is 15. The van der Waals surface area contributed by atoms with Crippen molar-refractivity contribution in [3.63, 3.8) is 0 Å². The van der Waals surface area contributed by atoms with Crippen LogP contribution in [0.25, 0.3) is 0 Å². The molecule has 36 heavy (non-hydrogen) atoms. The number of primary amides is 1. The van der Waals surface area contributed by atoms with Crippen LogP contribution in [0.5, 0.6) is 0 Å². The average molecular weight is 510 g/mol. The highest BCUT2D eigenvalue weighted by Crippen LogP contribution is 2.05. The zero-order chi connectivity index (χ0) is 27.4. The highest BCUT2D eigenvalue weighted by Gasteiger charge is 2.33. The number of aliphatic hydroxyl groups is 1. The number of aliphatic carboxylic acids is 2. The summed E-state index contributed by atoms with van der Waals surface area (Å²) in [6.45, 7) is 1.13. The first-order valence-electron chi connectivity index (χ1n) is 10.9. The van der Waals surface area contributed by atoms with Gasteiger partial charge in [0.25, 0.3) is 0 Å². The molecule has 0 radical (unpaired) electrons. The van der Waals surface area contributed by atoms with Crippen molar-refractivity contribution in [2.75, 3.05) is 0 Å². The molecule has 14 nitrogen and oxygen atoms in total. The Morgan fingerprint density at radius 1 is 0.889 bits per heavy atom. The average Bonchev–Trinajstić information content (AvgIpc) is 2.79. The molecule has 10 N–H and O–H groups in total. The number of carboxylic acids is 2. The van der Waals surface area contributed by atoms with E-state index in [2.05, 4.69) is 10.6 Å². The third-order valence-electron chi connectivity index (χ3n) is 5.00. The number of hydrogen-bond acceptors (Lipinski definition) is 8. The van der Waals surface area contributed by atoms with Crippen molar-refractivity contribution >= 4 is 35.6 Å². The standard InChI is InChI=1S/C22H31N5O9/c1-11(28)18(21(34)26-15(22(35)36)10-17(30)31)27-20(33)14(7-8-16(24)29)25-19(32)13(23)9-12-5-3-2-4-6-12/h2-6,11,13-15,18,28H,7-10,23H2,1H3,(H2,24,29)(H,25,32)(H,26,34)(H,27,33)(H,30,31)(H,35,36). The first-order valence-corrected chi connectivity index (χ1v) is 10.9. The van der Waals surface area contributed by atoms with Crippen molar-refractivity contribution in [2.24, 2.45) is 11.5 Å². The van der Waals surface area contributed by atoms with Crippen LogP contribution in [-0.2, 0) is 35.2 Å². The van der Waals surface area contributed by atoms with Gasteiger partial charge in [-0.2, -0.15) is 0 Å². The van der Waals surface area contributed by atoms with Crippen LogP contribution in [0.4, 0.5) is 0 Å². The quantitative estimate of drug-likeness (QED) is 0.121. The van der Waals surface area contributed by atoms with Crippen LogP contribution in [0.15, 0.2) is 30.3 Å². The van der Waals surface area contributed by atoms with E-state index in [-0.39, 0.29) is 19.3 Å². The monoisotopic (exact) mass is 509 g/mol. The lowest BCUT2D eigenvalue weighted by molar-refractivity contribution is -0.148. The fraction of sp³-hybridized carbons (Fsp3) is 0.455. The molecule has 0 aromatic heterocycles. The fourth-order valence-corrected chi connectivity index (χ4v) is 3.09. The van der Waals surface area contributed by atoms with Crippen LogP contribution in [0, 0.1) is 0 Å². The molecular formula is C22H31N5O9. The fourth-order valence-electron chi connectivity index (χ4n) is 3.09. The molecule has 0 saturated heterocycles. The van der Waals surface area contributed by atoms with E-state index in [0.29, 0.717) is 0 Å². The second-order valence-electron chi connectivity index (χ2n) is 8.09. The van der Waals surface area contributed by atoms with Gasteiger partial charge in [0.05, 0.1) is 18.6 Å². The number of nitrogens with two attached hydrogens (primary N) is 2. The molecule has 5 atom stereocenters. The summed E-state index contributed by atoms with van der Waals surface area (Å²) in [6.07, 6.45) is -2.90. The van der Waals surface area contributed by atoms with Crippen molar-refractivity contribution < 1.29 is 44.1 Å². The lowest BCUT2D eigenvalue weighted by Crippen LogP contribution is -2.60. The van der Waals surface area contributed by atoms with Gasteiger partial charge in [-0.25, -0.2) is 4.79 Å². The van der Waals surface area contributed by atoms with Gasteiger partial charge in [-0.15, -0.1) is 0 Å². The number of hydrogen-bond donors (Lipinski definition) is 8. The SMILES string of the molecule is CC(O)C(NC(=O)C(CCC(N)=O)NC(=O)C(N)Cc1ccccc1)C(=O)NC(CC(=O)O)C(=O)O. The van der Waals surface area contributed by atoms with Gasteiger partial charge in [0.15, 0.2) is 0 Å². The molecule has 5 unspecified atom stereocenters. The molecule has 0 bridgehead atoms. The third kappa shape index (κ3) is 10.5. The van der Waals surface area contributed by atoms with E-state index in [1.54, 1.807) is 30.3 Å². The zero-order valence-electron chi connectivity index (χ0n) is 19.5. The first-order chi connectivity index (χ1) is 16.8. The van der Waals surface area contributed by atoms with Gasteiger partial charge in [-0.3, -0.25) is 24.0 Å². The minimum atomic E-state index is -1.82. The molecule has 1 aromatic carbocycles. The Hall–Kier alpha value is -4.04. The maximum Gasteiger partial charge on any atom is 0.326 e. The van der Waals surface area contributed by atoms with Crippen LogP contribution in [0.2, 0.25) is 0 Å². The molecule has 0 aliphatic rings. The molecule has 198 valence electrons. The molecule has 0 aliphatic heterocycles. The second kappa shape index (κ2) is 14.4. The lowest BCUT2D eigenvalue weighted by atomic mass is 10.0. The lowest BCUT2D eigenvalue weighted by Gasteiger charge is -2.26. The summed E-state index contributed by atoms with van der Waals surface area (Å²) in [5, 5.41) is 34.4. The second-order valence-corrected chi connectivity index (χ2v) is 8.09. The number of aliphatic hydroxyl groups excluding tert-OH is 1. The summed E-state index contributed by atoms with van der Waals surface area (Å²) in [6, 6.07) is 2.85. The number of nitrogens with one attached hydrogen (secondary N) is 3. The van der Waals surface area contributed by atoms with Crippen LogP contribution in [-0.4, -0.2) is 81.2 Å². The van der Waals surface area contributed by atoms with Crippen LogP contribution >= 0.6 is 0 Å². The van der Waals surface area contributed by atoms with Crippen molar-refractivity contribution in [2.45, 2.75) is 62.9 Å². The predicted octanol–water partition coefficient (Wildman–Crippen LogP) is -2.78. The van der Waals surface area contributed by atoms with Crippen LogP contribution in [0.3, 0.4) is 0 Å². The van der Waals surface area contributed by atoms with Gasteiger partial charge in [0.1, 0.15) is 18.1 Å². The number of amides is 4. The van der Waals surface area contributed by atoms with Crippen molar-refractivity contribution in [1.29, 1.82) is 0 Å². The summed E-state index contributed by atoms with van der Waals surface area (Å²) < 4.78 is 0. The highest BCUT2D eigenvalue weighted by atomic mass is 16.4. The molecule has 0 spiro atoms. The van der Waals surface area contributed by atoms with Crippen LogP contribution < -0.4 is 27.4 Å². The Kier molecular flexibility index (Phi) is 12.0. The van der Waals surface area contributed by atoms with Crippen molar-refractivity contribution in [3.8, 4) is 0 Å². The number of benzene rings is 1. The van der Waals surface area contributed by atoms with E-state index in [4.69, 9.17) is 21.7 Å². The van der Waals surface area contributed by atoms with Gasteiger partial charge < -0.3 is 42.7 Å². The zero-order valence-corrected chi connectivity index (χ0v) is 19.5. The Balaban J connectivity index is 2.96. The third-order valence-corrected chi connectivity index (χ3v) is 5.00. The molecule has 0 heterocycles. The molecule has 14 heteroatoms.